The van der Waals surface area contributed by atoms with Crippen LogP contribution in [0.1, 0.15) is 0 Å². The number of imide groups is 1. The molecule has 2 atom stereocenters. The van der Waals surface area contributed by atoms with Crippen LogP contribution in [0, 0.1) is 0 Å². The van der Waals surface area contributed by atoms with Crippen LogP contribution in [0.2, 0.25) is 10.0 Å². The van der Waals surface area contributed by atoms with Gasteiger partial charge in [0, 0.05) is 5.02 Å². The predicted molar refractivity (Wildman–Crippen MR) is 103 cm³/mol. The minimum atomic E-state index is -0.976. The molecule has 8 nitrogen and oxygen atoms in total. The first kappa shape index (κ1) is 18.4. The number of nitrogens with zero attached hydrogens (tertiary/aromatic N) is 4. The maximum absolute atomic E-state index is 12.8. The molecule has 3 amide bonds. The third-order valence-electron chi connectivity index (χ3n) is 4.40. The van der Waals surface area contributed by atoms with E-state index in [1.807, 2.05) is 0 Å². The van der Waals surface area contributed by atoms with Gasteiger partial charge in [-0.2, -0.15) is 5.11 Å². The van der Waals surface area contributed by atoms with Gasteiger partial charge in [0.05, 0.1) is 16.4 Å². The van der Waals surface area contributed by atoms with E-state index >= 15 is 0 Å². The monoisotopic (exact) mass is 417 g/mol. The number of anilines is 2. The predicted octanol–water partition coefficient (Wildman–Crippen LogP) is 2.93. The van der Waals surface area contributed by atoms with Crippen LogP contribution in [0.25, 0.3) is 0 Å². The number of carbonyl (C=O) groups excluding carboxylic acids is 3. The highest BCUT2D eigenvalue weighted by Gasteiger charge is 2.55. The van der Waals surface area contributed by atoms with Crippen molar-refractivity contribution in [1.82, 2.24) is 5.01 Å². The Labute approximate surface area is 169 Å². The minimum Gasteiger partial charge on any atom is -0.323 e. The molecule has 2 aromatic carbocycles. The third-order valence-corrected chi connectivity index (χ3v) is 4.98. The lowest BCUT2D eigenvalue weighted by Gasteiger charge is -2.20. The van der Waals surface area contributed by atoms with Crippen molar-refractivity contribution in [2.45, 2.75) is 12.1 Å². The molecule has 2 aliphatic heterocycles. The van der Waals surface area contributed by atoms with Crippen molar-refractivity contribution in [3.05, 3.63) is 58.6 Å². The van der Waals surface area contributed by atoms with Gasteiger partial charge in [-0.05, 0) is 36.4 Å². The van der Waals surface area contributed by atoms with E-state index in [0.29, 0.717) is 21.4 Å². The van der Waals surface area contributed by atoms with Gasteiger partial charge in [0.25, 0.3) is 11.8 Å². The summed E-state index contributed by atoms with van der Waals surface area (Å²) in [6, 6.07) is 11.2. The van der Waals surface area contributed by atoms with Gasteiger partial charge >= 0.3 is 0 Å². The van der Waals surface area contributed by atoms with Crippen LogP contribution in [0.5, 0.6) is 0 Å². The summed E-state index contributed by atoms with van der Waals surface area (Å²) in [5.74, 6) is -1.42. The van der Waals surface area contributed by atoms with Gasteiger partial charge in [-0.25, -0.2) is 4.90 Å². The second-order valence-electron chi connectivity index (χ2n) is 6.21. The quantitative estimate of drug-likeness (QED) is 0.773. The zero-order valence-electron chi connectivity index (χ0n) is 14.3. The summed E-state index contributed by atoms with van der Waals surface area (Å²) in [6.45, 7) is -0.247. The van der Waals surface area contributed by atoms with E-state index in [1.165, 1.54) is 5.01 Å². The van der Waals surface area contributed by atoms with Crippen LogP contribution in [-0.4, -0.2) is 41.4 Å². The molecule has 28 heavy (non-hydrogen) atoms. The summed E-state index contributed by atoms with van der Waals surface area (Å²) >= 11 is 11.9. The fourth-order valence-electron chi connectivity index (χ4n) is 3.10. The Hall–Kier alpha value is -2.97. The van der Waals surface area contributed by atoms with Gasteiger partial charge in [-0.15, -0.1) is 0 Å². The minimum absolute atomic E-state index is 0.247. The molecule has 4 rings (SSSR count). The van der Waals surface area contributed by atoms with Crippen molar-refractivity contribution in [3.8, 4) is 0 Å². The number of carbonyl (C=O) groups is 3. The maximum Gasteiger partial charge on any atom is 0.263 e. The summed E-state index contributed by atoms with van der Waals surface area (Å²) in [5.41, 5.74) is 0.836. The molecule has 10 heteroatoms. The topological polar surface area (TPSA) is 94.4 Å². The molecular weight excluding hydrogens is 405 g/mol. The molecule has 1 N–H and O–H groups in total. The van der Waals surface area contributed by atoms with Crippen molar-refractivity contribution in [1.29, 1.82) is 0 Å². The highest BCUT2D eigenvalue weighted by atomic mass is 35.5. The van der Waals surface area contributed by atoms with Crippen LogP contribution in [-0.2, 0) is 14.4 Å². The molecule has 0 radical (unpaired) electrons. The molecule has 0 spiro atoms. The number of nitrogens with one attached hydrogen (secondary N) is 1. The number of hydrogen-bond acceptors (Lipinski definition) is 6. The number of fused-ring (bicyclic) bond motifs is 1. The highest BCUT2D eigenvalue weighted by molar-refractivity contribution is 6.33. The lowest BCUT2D eigenvalue weighted by Crippen LogP contribution is -2.43. The molecule has 142 valence electrons. The van der Waals surface area contributed by atoms with E-state index < -0.39 is 29.8 Å². The van der Waals surface area contributed by atoms with Crippen LogP contribution in [0.3, 0.4) is 0 Å². The molecule has 0 saturated carbocycles. The molecule has 2 aliphatic rings. The second kappa shape index (κ2) is 7.21. The van der Waals surface area contributed by atoms with Crippen molar-refractivity contribution in [2.24, 2.45) is 10.3 Å². The number of halogens is 2. The Morgan fingerprint density at radius 1 is 1.04 bits per heavy atom. The Bertz CT molecular complexity index is 995. The Morgan fingerprint density at radius 2 is 1.75 bits per heavy atom. The van der Waals surface area contributed by atoms with Crippen LogP contribution in [0.4, 0.5) is 11.4 Å². The first-order chi connectivity index (χ1) is 13.5. The smallest absolute Gasteiger partial charge is 0.263 e. The first-order valence-electron chi connectivity index (χ1n) is 8.31. The molecule has 2 unspecified atom stereocenters. The van der Waals surface area contributed by atoms with Crippen molar-refractivity contribution in [2.75, 3.05) is 16.8 Å². The molecule has 1 fully saturated rings. The van der Waals surface area contributed by atoms with E-state index in [2.05, 4.69) is 15.7 Å². The van der Waals surface area contributed by atoms with E-state index in [-0.39, 0.29) is 6.54 Å². The van der Waals surface area contributed by atoms with Gasteiger partial charge in [0.1, 0.15) is 6.54 Å². The van der Waals surface area contributed by atoms with Crippen molar-refractivity contribution >= 4 is 52.3 Å². The van der Waals surface area contributed by atoms with Crippen molar-refractivity contribution in [3.63, 3.8) is 0 Å². The normalized spacial score (nSPS) is 20.6. The fourth-order valence-corrected chi connectivity index (χ4v) is 3.41. The number of rotatable bonds is 4. The van der Waals surface area contributed by atoms with Gasteiger partial charge < -0.3 is 5.32 Å². The SMILES string of the molecule is O=C(CN1N=NC2C(=O)N(c3ccc(Cl)cc3)C(=O)C21)Nc1ccccc1Cl. The third kappa shape index (κ3) is 3.21. The Kier molecular flexibility index (Phi) is 4.74. The average molecular weight is 418 g/mol. The maximum atomic E-state index is 12.8. The first-order valence-corrected chi connectivity index (χ1v) is 9.06. The van der Waals surface area contributed by atoms with E-state index in [4.69, 9.17) is 23.2 Å². The van der Waals surface area contributed by atoms with Crippen molar-refractivity contribution < 1.29 is 14.4 Å². The number of benzene rings is 2. The Morgan fingerprint density at radius 3 is 2.46 bits per heavy atom. The highest BCUT2D eigenvalue weighted by Crippen LogP contribution is 2.32. The molecule has 2 aromatic rings. The zero-order chi connectivity index (χ0) is 19.8. The summed E-state index contributed by atoms with van der Waals surface area (Å²) in [5, 5.41) is 12.5. The summed E-state index contributed by atoms with van der Waals surface area (Å²) in [4.78, 5) is 38.9. The molecule has 0 aromatic heterocycles. The largest absolute Gasteiger partial charge is 0.323 e. The Balaban J connectivity index is 1.49. The molecular formula is C18H13Cl2N5O3. The summed E-state index contributed by atoms with van der Waals surface area (Å²) in [6.07, 6.45) is 0. The zero-order valence-corrected chi connectivity index (χ0v) is 15.8. The number of hydrogen-bond donors (Lipinski definition) is 1. The van der Waals surface area contributed by atoms with Gasteiger partial charge in [0.2, 0.25) is 5.91 Å². The fraction of sp³-hybridized carbons (Fsp3) is 0.167. The van der Waals surface area contributed by atoms with Crippen LogP contribution in [0.15, 0.2) is 58.9 Å². The lowest BCUT2D eigenvalue weighted by atomic mass is 10.1. The van der Waals surface area contributed by atoms with Gasteiger partial charge in [-0.1, -0.05) is 40.6 Å². The molecule has 0 bridgehead atoms. The molecule has 2 heterocycles. The van der Waals surface area contributed by atoms with E-state index in [9.17, 15) is 14.4 Å². The second-order valence-corrected chi connectivity index (χ2v) is 7.05. The summed E-state index contributed by atoms with van der Waals surface area (Å²) in [7, 11) is 0. The average Bonchev–Trinajstić information content (AvgIpc) is 3.18. The van der Waals surface area contributed by atoms with Crippen LogP contribution >= 0.6 is 23.2 Å². The molecule has 0 aliphatic carbocycles. The standard InChI is InChI=1S/C18H13Cl2N5O3/c19-10-5-7-11(8-6-10)25-17(27)15-16(18(25)28)24(23-22-15)9-14(26)21-13-4-2-1-3-12(13)20/h1-8,15-16H,9H2,(H,21,26). The summed E-state index contributed by atoms with van der Waals surface area (Å²) < 4.78 is 0. The van der Waals surface area contributed by atoms with Gasteiger partial charge in [0.15, 0.2) is 12.1 Å². The number of para-hydroxylation sites is 1. The van der Waals surface area contributed by atoms with Gasteiger partial charge in [-0.3, -0.25) is 19.4 Å². The van der Waals surface area contributed by atoms with E-state index in [0.717, 1.165) is 4.90 Å². The van der Waals surface area contributed by atoms with Crippen LogP contribution < -0.4 is 10.2 Å². The lowest BCUT2D eigenvalue weighted by molar-refractivity contribution is -0.123. The molecule has 1 saturated heterocycles. The number of amides is 3. The van der Waals surface area contributed by atoms with E-state index in [1.54, 1.807) is 48.5 Å².